The molecule has 15 heavy (non-hydrogen) atoms. The second-order valence-electron chi connectivity index (χ2n) is 2.65. The number of carbonyl (C=O) groups excluding carboxylic acids is 1. The highest BCUT2D eigenvalue weighted by Crippen LogP contribution is 2.07. The van der Waals surface area contributed by atoms with Crippen molar-refractivity contribution in [3.8, 4) is 0 Å². The molecule has 0 aromatic carbocycles. The van der Waals surface area contributed by atoms with E-state index in [9.17, 15) is 4.79 Å². The first-order valence-electron chi connectivity index (χ1n) is 4.25. The Balaban J connectivity index is 2.43. The normalized spacial score (nSPS) is 11.3. The summed E-state index contributed by atoms with van der Waals surface area (Å²) in [5, 5.41) is 9.41. The van der Waals surface area contributed by atoms with E-state index in [-0.39, 0.29) is 11.0 Å². The van der Waals surface area contributed by atoms with Gasteiger partial charge in [0.15, 0.2) is 5.82 Å². The number of nitrogens with one attached hydrogen (secondary N) is 1. The Morgan fingerprint density at radius 1 is 1.80 bits per heavy atom. The summed E-state index contributed by atoms with van der Waals surface area (Å²) in [5.74, 6) is 0.848. The third kappa shape index (κ3) is 3.99. The first-order chi connectivity index (χ1) is 7.11. The molecule has 0 unspecified atom stereocenters. The second kappa shape index (κ2) is 5.35. The van der Waals surface area contributed by atoms with Crippen molar-refractivity contribution < 1.29 is 14.2 Å². The number of aromatic nitrogens is 1. The smallest absolute Gasteiger partial charge is 0.360 e. The molecule has 0 spiro atoms. The highest BCUT2D eigenvalue weighted by Gasteiger charge is 2.06. The van der Waals surface area contributed by atoms with Gasteiger partial charge < -0.3 is 4.52 Å². The van der Waals surface area contributed by atoms with Gasteiger partial charge in [0.1, 0.15) is 10.9 Å². The maximum atomic E-state index is 11.1. The molecular weight excluding hydrogens is 222 g/mol. The first kappa shape index (κ1) is 11.5. The summed E-state index contributed by atoms with van der Waals surface area (Å²) in [4.78, 5) is 15.5. The van der Waals surface area contributed by atoms with Crippen LogP contribution in [0.4, 0.5) is 10.6 Å². The van der Waals surface area contributed by atoms with Gasteiger partial charge in [-0.2, -0.15) is 0 Å². The fraction of sp³-hybridized carbons (Fsp3) is 0.375. The topological polar surface area (TPSA) is 76.7 Å². The lowest BCUT2D eigenvalue weighted by atomic mass is 10.5. The molecule has 1 heterocycles. The van der Waals surface area contributed by atoms with E-state index in [0.29, 0.717) is 12.2 Å². The highest BCUT2D eigenvalue weighted by atomic mass is 35.5. The lowest BCUT2D eigenvalue weighted by molar-refractivity contribution is 0.166. The fourth-order valence-electron chi connectivity index (χ4n) is 0.708. The van der Waals surface area contributed by atoms with Crippen LogP contribution in [0.3, 0.4) is 0 Å². The van der Waals surface area contributed by atoms with Crippen molar-refractivity contribution in [1.82, 2.24) is 5.16 Å². The quantitative estimate of drug-likeness (QED) is 0.493. The number of carbonyl (C=O) groups is 1. The molecule has 82 valence electrons. The van der Waals surface area contributed by atoms with Crippen LogP contribution in [0.2, 0.25) is 0 Å². The van der Waals surface area contributed by atoms with Crippen molar-refractivity contribution in [3.63, 3.8) is 0 Å². The van der Waals surface area contributed by atoms with E-state index in [0.717, 1.165) is 0 Å². The van der Waals surface area contributed by atoms with Crippen molar-refractivity contribution in [2.75, 3.05) is 5.32 Å². The van der Waals surface area contributed by atoms with E-state index in [4.69, 9.17) is 16.1 Å². The van der Waals surface area contributed by atoms with Gasteiger partial charge in [-0.25, -0.2) is 4.79 Å². The Hall–Kier alpha value is -1.56. The van der Waals surface area contributed by atoms with Crippen molar-refractivity contribution in [2.24, 2.45) is 5.16 Å². The molecule has 1 rings (SSSR count). The van der Waals surface area contributed by atoms with Crippen molar-refractivity contribution in [3.05, 3.63) is 11.8 Å². The molecule has 1 aromatic rings. The Bertz CT molecular complexity index is 375. The summed E-state index contributed by atoms with van der Waals surface area (Å²) in [6.45, 7) is 3.49. The molecular formula is C8H10ClN3O3. The van der Waals surface area contributed by atoms with Crippen molar-refractivity contribution >= 4 is 28.7 Å². The van der Waals surface area contributed by atoms with Crippen LogP contribution in [-0.4, -0.2) is 16.4 Å². The Morgan fingerprint density at radius 2 is 2.53 bits per heavy atom. The average molecular weight is 232 g/mol. The maximum Gasteiger partial charge on any atom is 0.439 e. The first-order valence-corrected chi connectivity index (χ1v) is 4.63. The summed E-state index contributed by atoms with van der Waals surface area (Å²) in [6, 6.07) is 1.55. The van der Waals surface area contributed by atoms with E-state index < -0.39 is 6.09 Å². The number of nitrogens with zero attached hydrogens (tertiary/aromatic N) is 2. The number of rotatable bonds is 3. The van der Waals surface area contributed by atoms with E-state index in [2.05, 4.69) is 20.5 Å². The summed E-state index contributed by atoms with van der Waals surface area (Å²) >= 11 is 5.53. The molecule has 6 nitrogen and oxygen atoms in total. The lowest BCUT2D eigenvalue weighted by Crippen LogP contribution is -2.11. The number of aryl methyl sites for hydroxylation is 1. The number of oxime groups is 1. The van der Waals surface area contributed by atoms with E-state index in [1.165, 1.54) is 0 Å². The minimum Gasteiger partial charge on any atom is -0.360 e. The van der Waals surface area contributed by atoms with Gasteiger partial charge in [0.25, 0.3) is 0 Å². The van der Waals surface area contributed by atoms with E-state index >= 15 is 0 Å². The monoisotopic (exact) mass is 231 g/mol. The highest BCUT2D eigenvalue weighted by molar-refractivity contribution is 6.65. The van der Waals surface area contributed by atoms with Crippen molar-refractivity contribution in [1.29, 1.82) is 0 Å². The molecule has 0 saturated carbocycles. The molecule has 0 fully saturated rings. The SMILES string of the molecule is CC/C(Cl)=N\OC(=O)Nc1cc(C)on1. The molecule has 0 atom stereocenters. The third-order valence-electron chi connectivity index (χ3n) is 1.38. The minimum atomic E-state index is -0.769. The molecule has 0 saturated heterocycles. The zero-order chi connectivity index (χ0) is 11.3. The molecule has 7 heteroatoms. The Morgan fingerprint density at radius 3 is 3.07 bits per heavy atom. The van der Waals surface area contributed by atoms with Gasteiger partial charge in [-0.05, 0) is 6.92 Å². The van der Waals surface area contributed by atoms with Crippen LogP contribution in [0, 0.1) is 6.92 Å². The third-order valence-corrected chi connectivity index (χ3v) is 1.71. The molecule has 1 N–H and O–H groups in total. The predicted octanol–water partition coefficient (Wildman–Crippen LogP) is 2.49. The molecule has 1 amide bonds. The van der Waals surface area contributed by atoms with Gasteiger partial charge in [0.05, 0.1) is 0 Å². The fourth-order valence-corrected chi connectivity index (χ4v) is 0.743. The average Bonchev–Trinajstić information content (AvgIpc) is 2.60. The van der Waals surface area contributed by atoms with Crippen LogP contribution >= 0.6 is 11.6 Å². The standard InChI is InChI=1S/C8H10ClN3O3/c1-3-6(9)11-15-8(13)10-7-4-5(2)14-12-7/h4H,3H2,1-2H3,(H,10,12,13)/b11-6+. The molecule has 0 aliphatic heterocycles. The number of hydrogen-bond acceptors (Lipinski definition) is 5. The minimum absolute atomic E-state index is 0.210. The van der Waals surface area contributed by atoms with Gasteiger partial charge in [0.2, 0.25) is 0 Å². The van der Waals surface area contributed by atoms with Gasteiger partial charge in [-0.15, -0.1) is 0 Å². The molecule has 0 radical (unpaired) electrons. The zero-order valence-electron chi connectivity index (χ0n) is 8.28. The van der Waals surface area contributed by atoms with Crippen LogP contribution in [0.25, 0.3) is 0 Å². The number of hydrogen-bond donors (Lipinski definition) is 1. The predicted molar refractivity (Wildman–Crippen MR) is 54.9 cm³/mol. The summed E-state index contributed by atoms with van der Waals surface area (Å²) in [7, 11) is 0. The van der Waals surface area contributed by atoms with Gasteiger partial charge in [-0.3, -0.25) is 10.2 Å². The molecule has 0 bridgehead atoms. The zero-order valence-corrected chi connectivity index (χ0v) is 9.04. The number of anilines is 1. The molecule has 1 aromatic heterocycles. The maximum absolute atomic E-state index is 11.1. The Labute approximate surface area is 91.2 Å². The number of halogens is 1. The summed E-state index contributed by atoms with van der Waals surface area (Å²) in [5.41, 5.74) is 0. The van der Waals surface area contributed by atoms with Crippen LogP contribution < -0.4 is 5.32 Å². The Kier molecular flexibility index (Phi) is 4.11. The number of amides is 1. The van der Waals surface area contributed by atoms with E-state index in [1.807, 2.05) is 0 Å². The summed E-state index contributed by atoms with van der Waals surface area (Å²) < 4.78 is 4.73. The van der Waals surface area contributed by atoms with Crippen LogP contribution in [0.5, 0.6) is 0 Å². The van der Waals surface area contributed by atoms with Crippen LogP contribution in [0.15, 0.2) is 15.7 Å². The largest absolute Gasteiger partial charge is 0.439 e. The second-order valence-corrected chi connectivity index (χ2v) is 3.08. The van der Waals surface area contributed by atoms with Gasteiger partial charge in [0, 0.05) is 12.5 Å². The van der Waals surface area contributed by atoms with E-state index in [1.54, 1.807) is 19.9 Å². The molecule has 0 aliphatic rings. The van der Waals surface area contributed by atoms with Crippen LogP contribution in [0.1, 0.15) is 19.1 Å². The summed E-state index contributed by atoms with van der Waals surface area (Å²) in [6.07, 6.45) is -0.271. The lowest BCUT2D eigenvalue weighted by Gasteiger charge is -1.97. The van der Waals surface area contributed by atoms with Gasteiger partial charge >= 0.3 is 6.09 Å². The van der Waals surface area contributed by atoms with Crippen molar-refractivity contribution in [2.45, 2.75) is 20.3 Å². The molecule has 0 aliphatic carbocycles. The van der Waals surface area contributed by atoms with Crippen LogP contribution in [-0.2, 0) is 4.84 Å². The van der Waals surface area contributed by atoms with Gasteiger partial charge in [-0.1, -0.05) is 28.8 Å².